The Morgan fingerprint density at radius 1 is 0.868 bits per heavy atom. The minimum absolute atomic E-state index is 0.246. The van der Waals surface area contributed by atoms with Gasteiger partial charge < -0.3 is 10.1 Å². The summed E-state index contributed by atoms with van der Waals surface area (Å²) in [4.78, 5) is 26.1. The van der Waals surface area contributed by atoms with Crippen molar-refractivity contribution in [1.82, 2.24) is 0 Å². The molecule has 0 spiro atoms. The van der Waals surface area contributed by atoms with Crippen molar-refractivity contribution in [3.8, 4) is 5.75 Å². The van der Waals surface area contributed by atoms with Crippen molar-refractivity contribution in [2.75, 3.05) is 16.9 Å². The van der Waals surface area contributed by atoms with E-state index in [4.69, 9.17) is 27.9 Å². The zero-order valence-corrected chi connectivity index (χ0v) is 21.5. The number of carbonyl (C=O) groups excluding carboxylic acids is 2. The van der Waals surface area contributed by atoms with Crippen LogP contribution in [0.1, 0.15) is 11.1 Å². The summed E-state index contributed by atoms with van der Waals surface area (Å²) in [5.41, 5.74) is 3.58. The van der Waals surface area contributed by atoms with E-state index in [1.807, 2.05) is 72.8 Å². The summed E-state index contributed by atoms with van der Waals surface area (Å²) in [5.74, 6) is -0.186. The molecule has 5 rings (SSSR count). The number of rotatable bonds is 7. The minimum Gasteiger partial charge on any atom is -0.483 e. The Bertz CT molecular complexity index is 1550. The summed E-state index contributed by atoms with van der Waals surface area (Å²) in [7, 11) is 0. The van der Waals surface area contributed by atoms with E-state index in [9.17, 15) is 9.59 Å². The quantitative estimate of drug-likeness (QED) is 0.260. The standard InChI is InChI=1S/C30H21Cl2N3O3/c31-25-16-15-22(18-26(25)32)33-28(36)19-38-27-14-8-7-11-21(27)17-24-29(20-9-3-1-4-10-20)34-35(30(24)37)23-12-5-2-6-13-23/h1-18H,19H2,(H,33,36)/b24-17-. The van der Waals surface area contributed by atoms with Gasteiger partial charge in [-0.25, -0.2) is 0 Å². The van der Waals surface area contributed by atoms with Crippen LogP contribution in [0.15, 0.2) is 114 Å². The highest BCUT2D eigenvalue weighted by molar-refractivity contribution is 6.42. The van der Waals surface area contributed by atoms with Crippen molar-refractivity contribution in [1.29, 1.82) is 0 Å². The molecule has 0 unspecified atom stereocenters. The maximum absolute atomic E-state index is 13.5. The normalized spacial score (nSPS) is 13.9. The molecular weight excluding hydrogens is 521 g/mol. The Balaban J connectivity index is 1.41. The largest absolute Gasteiger partial charge is 0.483 e. The van der Waals surface area contributed by atoms with Crippen LogP contribution >= 0.6 is 23.2 Å². The lowest BCUT2D eigenvalue weighted by Crippen LogP contribution is -2.21. The van der Waals surface area contributed by atoms with Crippen molar-refractivity contribution >= 4 is 58.2 Å². The van der Waals surface area contributed by atoms with Gasteiger partial charge in [0.25, 0.3) is 11.8 Å². The Morgan fingerprint density at radius 3 is 2.29 bits per heavy atom. The van der Waals surface area contributed by atoms with E-state index in [2.05, 4.69) is 10.4 Å². The Morgan fingerprint density at radius 2 is 1.55 bits per heavy atom. The van der Waals surface area contributed by atoms with Crippen molar-refractivity contribution < 1.29 is 14.3 Å². The first-order valence-corrected chi connectivity index (χ1v) is 12.5. The lowest BCUT2D eigenvalue weighted by atomic mass is 10.00. The molecule has 0 saturated carbocycles. The number of nitrogens with zero attached hydrogens (tertiary/aromatic N) is 2. The number of benzene rings is 4. The van der Waals surface area contributed by atoms with Gasteiger partial charge in [0.15, 0.2) is 6.61 Å². The van der Waals surface area contributed by atoms with Gasteiger partial charge in [0, 0.05) is 16.8 Å². The van der Waals surface area contributed by atoms with Crippen LogP contribution in [0.25, 0.3) is 6.08 Å². The van der Waals surface area contributed by atoms with E-state index in [0.717, 1.165) is 5.56 Å². The maximum Gasteiger partial charge on any atom is 0.281 e. The van der Waals surface area contributed by atoms with Gasteiger partial charge in [0.05, 0.1) is 21.3 Å². The predicted octanol–water partition coefficient (Wildman–Crippen LogP) is 6.85. The van der Waals surface area contributed by atoms with Gasteiger partial charge in [0.1, 0.15) is 11.5 Å². The number of nitrogens with one attached hydrogen (secondary N) is 1. The van der Waals surface area contributed by atoms with Gasteiger partial charge in [-0.15, -0.1) is 0 Å². The molecule has 2 amide bonds. The average molecular weight is 542 g/mol. The summed E-state index contributed by atoms with van der Waals surface area (Å²) in [6, 6.07) is 30.8. The molecule has 38 heavy (non-hydrogen) atoms. The molecule has 0 saturated heterocycles. The molecule has 188 valence electrons. The number of ether oxygens (including phenoxy) is 1. The van der Waals surface area contributed by atoms with Crippen LogP contribution in [-0.4, -0.2) is 24.1 Å². The second kappa shape index (κ2) is 11.3. The Kier molecular flexibility index (Phi) is 7.54. The van der Waals surface area contributed by atoms with Crippen LogP contribution in [0, 0.1) is 0 Å². The highest BCUT2D eigenvalue weighted by atomic mass is 35.5. The molecule has 8 heteroatoms. The minimum atomic E-state index is -0.371. The van der Waals surface area contributed by atoms with Crippen molar-refractivity contribution in [3.63, 3.8) is 0 Å². The number of anilines is 2. The highest BCUT2D eigenvalue weighted by Gasteiger charge is 2.32. The number of hydrogen-bond donors (Lipinski definition) is 1. The van der Waals surface area contributed by atoms with E-state index in [0.29, 0.717) is 44.0 Å². The van der Waals surface area contributed by atoms with Crippen LogP contribution in [-0.2, 0) is 9.59 Å². The summed E-state index contributed by atoms with van der Waals surface area (Å²) in [6.45, 7) is -0.246. The number of carbonyl (C=O) groups is 2. The van der Waals surface area contributed by atoms with Gasteiger partial charge in [-0.3, -0.25) is 9.59 Å². The zero-order valence-electron chi connectivity index (χ0n) is 20.0. The first-order chi connectivity index (χ1) is 18.5. The predicted molar refractivity (Wildman–Crippen MR) is 152 cm³/mol. The molecule has 4 aromatic rings. The molecule has 0 aromatic heterocycles. The van der Waals surface area contributed by atoms with Gasteiger partial charge >= 0.3 is 0 Å². The maximum atomic E-state index is 13.5. The molecule has 0 radical (unpaired) electrons. The second-order valence-electron chi connectivity index (χ2n) is 8.33. The van der Waals surface area contributed by atoms with Gasteiger partial charge in [-0.1, -0.05) is 89.9 Å². The molecule has 1 heterocycles. The summed E-state index contributed by atoms with van der Waals surface area (Å²) in [5, 5.41) is 9.51. The topological polar surface area (TPSA) is 71.0 Å². The molecule has 6 nitrogen and oxygen atoms in total. The van der Waals surface area contributed by atoms with Crippen LogP contribution < -0.4 is 15.1 Å². The molecule has 0 fully saturated rings. The highest BCUT2D eigenvalue weighted by Crippen LogP contribution is 2.30. The molecule has 0 atom stereocenters. The number of hydrazone groups is 1. The number of halogens is 2. The monoisotopic (exact) mass is 541 g/mol. The molecular formula is C30H21Cl2N3O3. The van der Waals surface area contributed by atoms with Crippen LogP contribution in [0.4, 0.5) is 11.4 Å². The first kappa shape index (κ1) is 25.3. The smallest absolute Gasteiger partial charge is 0.281 e. The second-order valence-corrected chi connectivity index (χ2v) is 9.14. The number of para-hydroxylation sites is 2. The lowest BCUT2D eigenvalue weighted by molar-refractivity contribution is -0.118. The summed E-state index contributed by atoms with van der Waals surface area (Å²) < 4.78 is 5.84. The summed E-state index contributed by atoms with van der Waals surface area (Å²) in [6.07, 6.45) is 1.74. The van der Waals surface area contributed by atoms with E-state index in [1.165, 1.54) is 5.01 Å². The van der Waals surface area contributed by atoms with E-state index < -0.39 is 0 Å². The SMILES string of the molecule is O=C(COc1ccccc1/C=C1\C(=O)N(c2ccccc2)N=C1c1ccccc1)Nc1ccc(Cl)c(Cl)c1. The third-order valence-electron chi connectivity index (χ3n) is 5.71. The van der Waals surface area contributed by atoms with E-state index >= 15 is 0 Å². The van der Waals surface area contributed by atoms with E-state index in [-0.39, 0.29) is 18.4 Å². The number of amides is 2. The lowest BCUT2D eigenvalue weighted by Gasteiger charge is -2.12. The Hall–Kier alpha value is -4.39. The van der Waals surface area contributed by atoms with Crippen molar-refractivity contribution in [2.45, 2.75) is 0 Å². The fourth-order valence-electron chi connectivity index (χ4n) is 3.90. The van der Waals surface area contributed by atoms with Crippen LogP contribution in [0.5, 0.6) is 5.75 Å². The molecule has 4 aromatic carbocycles. The average Bonchev–Trinajstić information content (AvgIpc) is 3.27. The molecule has 0 bridgehead atoms. The first-order valence-electron chi connectivity index (χ1n) is 11.7. The zero-order chi connectivity index (χ0) is 26.5. The Labute approximate surface area is 229 Å². The van der Waals surface area contributed by atoms with Crippen LogP contribution in [0.3, 0.4) is 0 Å². The molecule has 1 N–H and O–H groups in total. The molecule has 1 aliphatic heterocycles. The fourth-order valence-corrected chi connectivity index (χ4v) is 4.20. The van der Waals surface area contributed by atoms with Gasteiger partial charge in [-0.05, 0) is 42.5 Å². The van der Waals surface area contributed by atoms with Crippen molar-refractivity contribution in [3.05, 3.63) is 130 Å². The van der Waals surface area contributed by atoms with E-state index in [1.54, 1.807) is 36.4 Å². The van der Waals surface area contributed by atoms with Gasteiger partial charge in [0.2, 0.25) is 0 Å². The fraction of sp³-hybridized carbons (Fsp3) is 0.0333. The molecule has 0 aliphatic carbocycles. The van der Waals surface area contributed by atoms with Crippen molar-refractivity contribution in [2.24, 2.45) is 5.10 Å². The molecule has 1 aliphatic rings. The third-order valence-corrected chi connectivity index (χ3v) is 6.45. The van der Waals surface area contributed by atoms with Crippen LogP contribution in [0.2, 0.25) is 10.0 Å². The van der Waals surface area contributed by atoms with Gasteiger partial charge in [-0.2, -0.15) is 10.1 Å². The third kappa shape index (κ3) is 5.62. The summed E-state index contributed by atoms with van der Waals surface area (Å²) >= 11 is 12.0. The number of hydrogen-bond acceptors (Lipinski definition) is 4.